The molecule has 4 N–H and O–H groups in total. The van der Waals surface area contributed by atoms with E-state index in [2.05, 4.69) is 49.9 Å². The quantitative estimate of drug-likeness (QED) is 0.132. The van der Waals surface area contributed by atoms with Crippen molar-refractivity contribution in [2.75, 3.05) is 41.5 Å². The van der Waals surface area contributed by atoms with Gasteiger partial charge in [0.2, 0.25) is 11.8 Å². The van der Waals surface area contributed by atoms with E-state index < -0.39 is 36.5 Å². The van der Waals surface area contributed by atoms with Gasteiger partial charge in [0.1, 0.15) is 23.7 Å². The van der Waals surface area contributed by atoms with Gasteiger partial charge in [0, 0.05) is 38.4 Å². The molecule has 6 unspecified atom stereocenters. The molecule has 2 saturated heterocycles. The average Bonchev–Trinajstić information content (AvgIpc) is 4.09. The minimum absolute atomic E-state index is 0.257. The summed E-state index contributed by atoms with van der Waals surface area (Å²) in [6.07, 6.45) is 2.26. The Labute approximate surface area is 335 Å². The van der Waals surface area contributed by atoms with Crippen molar-refractivity contribution in [2.24, 2.45) is 0 Å². The van der Waals surface area contributed by atoms with Crippen LogP contribution >= 0.6 is 0 Å². The first-order chi connectivity index (χ1) is 28.0. The zero-order chi connectivity index (χ0) is 41.1. The van der Waals surface area contributed by atoms with Crippen molar-refractivity contribution >= 4 is 45.9 Å². The molecule has 17 heteroatoms. The fourth-order valence-electron chi connectivity index (χ4n) is 7.85. The lowest BCUT2D eigenvalue weighted by atomic mass is 10.0. The molecule has 58 heavy (non-hydrogen) atoms. The summed E-state index contributed by atoms with van der Waals surface area (Å²) in [5, 5.41) is 7.29. The van der Waals surface area contributed by atoms with E-state index >= 15 is 0 Å². The number of hydrogen-bond donors (Lipinski definition) is 4. The number of rotatable bonds is 12. The zero-order valence-corrected chi connectivity index (χ0v) is 33.4. The summed E-state index contributed by atoms with van der Waals surface area (Å²) >= 11 is 0. The number of aromatic amines is 2. The molecule has 7 rings (SSSR count). The predicted molar refractivity (Wildman–Crippen MR) is 213 cm³/mol. The molecule has 3 aromatic heterocycles. The number of H-pyrrole nitrogens is 2. The summed E-state index contributed by atoms with van der Waals surface area (Å²) < 4.78 is 20.3. The molecule has 5 heterocycles. The summed E-state index contributed by atoms with van der Waals surface area (Å²) in [6.45, 7) is 4.50. The number of nitrogens with one attached hydrogen (secondary N) is 4. The number of hydrogen-bond acceptors (Lipinski definition) is 11. The maximum Gasteiger partial charge on any atom is 0.407 e. The summed E-state index contributed by atoms with van der Waals surface area (Å²) in [4.78, 5) is 76.2. The van der Waals surface area contributed by atoms with Gasteiger partial charge in [0.25, 0.3) is 0 Å². The Morgan fingerprint density at radius 2 is 1.26 bits per heavy atom. The Morgan fingerprint density at radius 1 is 0.707 bits per heavy atom. The Kier molecular flexibility index (Phi) is 11.9. The van der Waals surface area contributed by atoms with Gasteiger partial charge in [-0.25, -0.2) is 24.5 Å². The molecule has 0 bridgehead atoms. The number of ether oxygens (including phenoxy) is 4. The molecule has 2 aliphatic rings. The van der Waals surface area contributed by atoms with Crippen molar-refractivity contribution in [2.45, 2.75) is 75.9 Å². The number of aromatic nitrogens is 5. The van der Waals surface area contributed by atoms with Gasteiger partial charge >= 0.3 is 12.2 Å². The smallest absolute Gasteiger partial charge is 0.407 e. The fourth-order valence-corrected chi connectivity index (χ4v) is 7.85. The van der Waals surface area contributed by atoms with Crippen molar-refractivity contribution in [3.63, 3.8) is 0 Å². The first-order valence-electron chi connectivity index (χ1n) is 19.3. The molecule has 2 aromatic carbocycles. The lowest BCUT2D eigenvalue weighted by Crippen LogP contribution is -2.54. The van der Waals surface area contributed by atoms with Gasteiger partial charge in [0.15, 0.2) is 5.65 Å². The third kappa shape index (κ3) is 8.04. The van der Waals surface area contributed by atoms with E-state index in [-0.39, 0.29) is 23.9 Å². The van der Waals surface area contributed by atoms with Crippen molar-refractivity contribution < 1.29 is 38.1 Å². The highest BCUT2D eigenvalue weighted by atomic mass is 16.5. The molecule has 0 saturated carbocycles. The van der Waals surface area contributed by atoms with Crippen LogP contribution in [0, 0.1) is 0 Å². The summed E-state index contributed by atoms with van der Waals surface area (Å²) in [7, 11) is 5.49. The molecular formula is C41H49N9O8. The van der Waals surface area contributed by atoms with Crippen LogP contribution in [0.25, 0.3) is 44.5 Å². The monoisotopic (exact) mass is 795 g/mol. The highest BCUT2D eigenvalue weighted by molar-refractivity contribution is 5.91. The van der Waals surface area contributed by atoms with Gasteiger partial charge in [0.05, 0.1) is 61.6 Å². The van der Waals surface area contributed by atoms with Gasteiger partial charge in [-0.3, -0.25) is 9.59 Å². The van der Waals surface area contributed by atoms with Crippen LogP contribution < -0.4 is 10.6 Å². The third-order valence-electron chi connectivity index (χ3n) is 11.2. The van der Waals surface area contributed by atoms with E-state index in [1.54, 1.807) is 29.8 Å². The number of imidazole rings is 2. The SMILES string of the molecule is COC(=O)NC(C(=O)N1CCCC1c1ncc(-c2ccc3cc(-c4ccc5[nH]c(C6CCCN6C(=O)C(NC(=O)OC)C(C)OC)nc5n4)ccc3c2)[nH]1)C(C)OC. The van der Waals surface area contributed by atoms with Gasteiger partial charge in [-0.15, -0.1) is 0 Å². The van der Waals surface area contributed by atoms with Crippen molar-refractivity contribution in [3.8, 4) is 22.5 Å². The molecule has 4 amide bonds. The number of methoxy groups -OCH3 is 4. The second-order valence-corrected chi connectivity index (χ2v) is 14.6. The maximum absolute atomic E-state index is 13.7. The lowest BCUT2D eigenvalue weighted by molar-refractivity contribution is -0.138. The average molecular weight is 796 g/mol. The molecule has 0 spiro atoms. The first-order valence-corrected chi connectivity index (χ1v) is 19.3. The Hall–Kier alpha value is -6.07. The third-order valence-corrected chi connectivity index (χ3v) is 11.2. The van der Waals surface area contributed by atoms with Crippen molar-refractivity contribution in [3.05, 3.63) is 66.4 Å². The predicted octanol–water partition coefficient (Wildman–Crippen LogP) is 5.01. The largest absolute Gasteiger partial charge is 0.453 e. The van der Waals surface area contributed by atoms with E-state index in [0.717, 1.165) is 58.1 Å². The fraction of sp³-hybridized carbons (Fsp3) is 0.439. The summed E-state index contributed by atoms with van der Waals surface area (Å²) in [5.41, 5.74) is 4.74. The standard InChI is InChI=1S/C41H49N9O8/c1-22(55-3)33(46-40(53)57-5)38(51)49-17-7-9-31(49)36-42-21-30(45-36)27-14-12-24-19-26(13-11-25(24)20-27)28-15-16-29-35(43-28)48-37(44-29)32-10-8-18-50(32)39(52)34(23(2)56-4)47-41(54)58-6/h11-16,19-23,31-34H,7-10,17-18H2,1-6H3,(H,42,45)(H,46,53)(H,47,54)(H,43,44,48). The van der Waals surface area contributed by atoms with E-state index in [1.807, 2.05) is 24.3 Å². The van der Waals surface area contributed by atoms with Crippen molar-refractivity contribution in [1.29, 1.82) is 0 Å². The Balaban J connectivity index is 1.07. The molecule has 17 nitrogen and oxygen atoms in total. The summed E-state index contributed by atoms with van der Waals surface area (Å²) in [6, 6.07) is 13.8. The number of benzene rings is 2. The number of likely N-dealkylation sites (tertiary alicyclic amines) is 2. The minimum atomic E-state index is -0.920. The minimum Gasteiger partial charge on any atom is -0.453 e. The second-order valence-electron chi connectivity index (χ2n) is 14.6. The molecule has 2 aliphatic heterocycles. The van der Waals surface area contributed by atoms with E-state index in [1.165, 1.54) is 28.4 Å². The number of nitrogens with zero attached hydrogens (tertiary/aromatic N) is 5. The summed E-state index contributed by atoms with van der Waals surface area (Å²) in [5.74, 6) is 0.781. The number of carbonyl (C=O) groups excluding carboxylic acids is 4. The number of alkyl carbamates (subject to hydrolysis) is 2. The normalized spacial score (nSPS) is 18.9. The molecular weight excluding hydrogens is 747 g/mol. The Morgan fingerprint density at radius 3 is 1.83 bits per heavy atom. The number of carbonyl (C=O) groups is 4. The van der Waals surface area contributed by atoms with Crippen LogP contribution in [0.3, 0.4) is 0 Å². The molecule has 0 radical (unpaired) electrons. The van der Waals surface area contributed by atoms with Gasteiger partial charge in [-0.2, -0.15) is 0 Å². The Bertz CT molecular complexity index is 2310. The number of fused-ring (bicyclic) bond motifs is 2. The highest BCUT2D eigenvalue weighted by Crippen LogP contribution is 2.35. The highest BCUT2D eigenvalue weighted by Gasteiger charge is 2.40. The van der Waals surface area contributed by atoms with Gasteiger partial charge in [-0.05, 0) is 74.6 Å². The maximum atomic E-state index is 13.7. The number of pyridine rings is 1. The van der Waals surface area contributed by atoms with E-state index in [4.69, 9.17) is 28.9 Å². The molecule has 0 aliphatic carbocycles. The van der Waals surface area contributed by atoms with Crippen LogP contribution in [-0.2, 0) is 28.5 Å². The van der Waals surface area contributed by atoms with Crippen LogP contribution in [0.15, 0.2) is 54.7 Å². The van der Waals surface area contributed by atoms with Crippen LogP contribution in [0.4, 0.5) is 9.59 Å². The zero-order valence-electron chi connectivity index (χ0n) is 33.4. The van der Waals surface area contributed by atoms with Gasteiger partial charge < -0.3 is 49.3 Å². The first kappa shape index (κ1) is 40.1. The molecule has 5 aromatic rings. The lowest BCUT2D eigenvalue weighted by Gasteiger charge is -2.30. The van der Waals surface area contributed by atoms with Crippen LogP contribution in [0.1, 0.15) is 63.3 Å². The van der Waals surface area contributed by atoms with Gasteiger partial charge in [-0.1, -0.05) is 24.3 Å². The van der Waals surface area contributed by atoms with Crippen LogP contribution in [-0.4, -0.2) is 125 Å². The van der Waals surface area contributed by atoms with E-state index in [9.17, 15) is 19.2 Å². The van der Waals surface area contributed by atoms with E-state index in [0.29, 0.717) is 36.8 Å². The van der Waals surface area contributed by atoms with Crippen LogP contribution in [0.2, 0.25) is 0 Å². The molecule has 6 atom stereocenters. The molecule has 306 valence electrons. The molecule has 2 fully saturated rings. The van der Waals surface area contributed by atoms with Crippen LogP contribution in [0.5, 0.6) is 0 Å². The number of amides is 4. The topological polar surface area (TPSA) is 206 Å². The second kappa shape index (κ2) is 17.2. The van der Waals surface area contributed by atoms with Crippen molar-refractivity contribution in [1.82, 2.24) is 45.4 Å².